The molecule has 0 aromatic heterocycles. The number of amides is 4. The van der Waals surface area contributed by atoms with Crippen molar-refractivity contribution < 1.29 is 43.4 Å². The van der Waals surface area contributed by atoms with Gasteiger partial charge < -0.3 is 24.6 Å². The van der Waals surface area contributed by atoms with Gasteiger partial charge in [-0.25, -0.2) is 15.1 Å². The highest BCUT2D eigenvalue weighted by atomic mass is 32.1. The van der Waals surface area contributed by atoms with Crippen LogP contribution >= 0.6 is 40.5 Å². The van der Waals surface area contributed by atoms with Crippen molar-refractivity contribution in [3.63, 3.8) is 0 Å². The zero-order valence-corrected chi connectivity index (χ0v) is 38.9. The van der Waals surface area contributed by atoms with Crippen molar-refractivity contribution in [3.05, 3.63) is 105 Å². The Morgan fingerprint density at radius 3 is 1.32 bits per heavy atom. The van der Waals surface area contributed by atoms with Crippen molar-refractivity contribution in [1.29, 1.82) is 0 Å². The van der Waals surface area contributed by atoms with Gasteiger partial charge in [0.1, 0.15) is 0 Å². The van der Waals surface area contributed by atoms with E-state index in [-0.39, 0.29) is 86.4 Å². The van der Waals surface area contributed by atoms with Gasteiger partial charge in [-0.1, -0.05) is 18.2 Å². The summed E-state index contributed by atoms with van der Waals surface area (Å²) in [6.07, 6.45) is 10.2. The highest BCUT2D eigenvalue weighted by molar-refractivity contribution is 7.59. The summed E-state index contributed by atoms with van der Waals surface area (Å²) in [6.45, 7) is 2.47. The van der Waals surface area contributed by atoms with Gasteiger partial charge in [0, 0.05) is 39.3 Å². The quantitative estimate of drug-likeness (QED) is 0.191. The Bertz CT molecular complexity index is 2120. The molecule has 3 aliphatic carbocycles. The van der Waals surface area contributed by atoms with E-state index in [9.17, 15) is 28.8 Å². The number of hydrogen-bond donors (Lipinski definition) is 3. The molecule has 3 aliphatic heterocycles. The lowest BCUT2D eigenvalue weighted by molar-refractivity contribution is -0.136. The summed E-state index contributed by atoms with van der Waals surface area (Å²) in [4.78, 5) is 74.9. The highest BCUT2D eigenvalue weighted by Gasteiger charge is 2.48. The van der Waals surface area contributed by atoms with E-state index < -0.39 is 5.91 Å². The number of aryl methyl sites for hydroxylation is 3. The average molecular weight is 909 g/mol. The third kappa shape index (κ3) is 9.68. The number of rotatable bonds is 3. The zero-order valence-electron chi connectivity index (χ0n) is 35.9. The standard InChI is InChI=1S/C16H19NO3.C15H18N2O3.C15H17NO3.3H2S/c1-17-8-7-16(15(17)19)6-5-11-9-12(14(18)20-2)3-4-13(11)10-16;1-17-7-6-15(14(17)19)5-4-10-8-11(13(18)16-20)2-3-12(10)9-15;1-19-13(17)11-2-3-12-9-15(5-4-10(12)8-11)6-7-16-14(15)18;;;/h3-4,9H,5-8,10H2,1-2H3;2-3,8,20H,4-7,9H2,1H3,(H,16,18);2-3,8H,4-7,9H2,1H3,(H,16,18);3*1H2/t16-;2*15-;;;/m111.../s1. The van der Waals surface area contributed by atoms with E-state index >= 15 is 0 Å². The summed E-state index contributed by atoms with van der Waals surface area (Å²) in [7, 11) is 6.53. The second-order valence-corrected chi connectivity index (χ2v) is 17.2. The number of hydroxylamine groups is 1. The van der Waals surface area contributed by atoms with E-state index in [4.69, 9.17) is 14.7 Å². The minimum absolute atomic E-state index is 0. The first kappa shape index (κ1) is 50.1. The van der Waals surface area contributed by atoms with Gasteiger partial charge in [-0.05, 0) is 147 Å². The van der Waals surface area contributed by atoms with Crippen molar-refractivity contribution in [3.8, 4) is 0 Å². The molecule has 3 aromatic rings. The third-order valence-electron chi connectivity index (χ3n) is 13.9. The van der Waals surface area contributed by atoms with Crippen LogP contribution in [0.25, 0.3) is 0 Å². The molecule has 336 valence electrons. The number of ether oxygens (including phenoxy) is 2. The van der Waals surface area contributed by atoms with Crippen LogP contribution < -0.4 is 10.8 Å². The summed E-state index contributed by atoms with van der Waals surface area (Å²) in [5, 5.41) is 11.6. The molecule has 3 aromatic carbocycles. The first-order valence-corrected chi connectivity index (χ1v) is 20.5. The Balaban J connectivity index is 0.000000200. The molecule has 16 heteroatoms. The number of benzene rings is 3. The monoisotopic (exact) mass is 908 g/mol. The lowest BCUT2D eigenvalue weighted by Gasteiger charge is -2.33. The van der Waals surface area contributed by atoms with E-state index in [1.807, 2.05) is 60.3 Å². The maximum Gasteiger partial charge on any atom is 0.337 e. The molecule has 13 nitrogen and oxygen atoms in total. The second kappa shape index (κ2) is 20.3. The van der Waals surface area contributed by atoms with Gasteiger partial charge in [0.25, 0.3) is 5.91 Å². The topological polar surface area (TPSA) is 172 Å². The Hall–Kier alpha value is -4.51. The van der Waals surface area contributed by atoms with E-state index in [0.29, 0.717) is 16.7 Å². The fraction of sp³-hybridized carbons (Fsp3) is 0.478. The van der Waals surface area contributed by atoms with Gasteiger partial charge in [-0.15, -0.1) is 0 Å². The minimum atomic E-state index is -0.496. The molecule has 3 fully saturated rings. The van der Waals surface area contributed by atoms with Crippen LogP contribution in [0.1, 0.15) is 103 Å². The Morgan fingerprint density at radius 1 is 0.581 bits per heavy atom. The van der Waals surface area contributed by atoms with E-state index in [2.05, 4.69) is 5.32 Å². The summed E-state index contributed by atoms with van der Waals surface area (Å²) >= 11 is 0. The Kier molecular flexibility index (Phi) is 16.4. The maximum atomic E-state index is 12.4. The van der Waals surface area contributed by atoms with E-state index in [1.165, 1.54) is 36.5 Å². The molecular formula is C46H60N4O9S3. The molecule has 3 N–H and O–H groups in total. The minimum Gasteiger partial charge on any atom is -0.465 e. The first-order valence-electron chi connectivity index (χ1n) is 20.5. The predicted octanol–water partition coefficient (Wildman–Crippen LogP) is 4.76. The molecule has 3 spiro atoms. The van der Waals surface area contributed by atoms with Gasteiger partial charge >= 0.3 is 11.9 Å². The molecule has 4 amide bonds. The van der Waals surface area contributed by atoms with Crippen LogP contribution in [0.15, 0.2) is 54.6 Å². The number of fused-ring (bicyclic) bond motifs is 3. The average Bonchev–Trinajstić information content (AvgIpc) is 3.86. The molecule has 9 rings (SSSR count). The SMILES string of the molecule is CN1CC[C@@]2(CCc3cc(C(=O)NO)ccc3C2)C1=O.COC(=O)c1ccc2c(c1)CC[C@@]1(CCN(C)C1=O)C2.COC(=O)c1ccc2c(c1)CC[C@@]1(CCNC1=O)C2.S.S.S. The first-order chi connectivity index (χ1) is 28.3. The van der Waals surface area contributed by atoms with Crippen molar-refractivity contribution in [2.75, 3.05) is 47.9 Å². The van der Waals surface area contributed by atoms with Crippen LogP contribution in [0.2, 0.25) is 0 Å². The molecule has 62 heavy (non-hydrogen) atoms. The number of likely N-dealkylation sites (tertiary alicyclic amines) is 2. The maximum absolute atomic E-state index is 12.4. The number of nitrogens with zero attached hydrogens (tertiary/aromatic N) is 2. The molecule has 6 aliphatic rings. The Labute approximate surface area is 384 Å². The van der Waals surface area contributed by atoms with Gasteiger partial charge in [0.2, 0.25) is 17.7 Å². The van der Waals surface area contributed by atoms with Gasteiger partial charge in [-0.3, -0.25) is 24.4 Å². The molecule has 0 bridgehead atoms. The Morgan fingerprint density at radius 2 is 0.968 bits per heavy atom. The van der Waals surface area contributed by atoms with Crippen molar-refractivity contribution in [2.24, 2.45) is 16.2 Å². The summed E-state index contributed by atoms with van der Waals surface area (Å²) < 4.78 is 9.49. The van der Waals surface area contributed by atoms with Crippen LogP contribution in [-0.4, -0.2) is 98.5 Å². The van der Waals surface area contributed by atoms with E-state index in [0.717, 1.165) is 108 Å². The smallest absolute Gasteiger partial charge is 0.337 e. The van der Waals surface area contributed by atoms with Crippen LogP contribution in [0.3, 0.4) is 0 Å². The summed E-state index contributed by atoms with van der Waals surface area (Å²) in [5.41, 5.74) is 9.65. The van der Waals surface area contributed by atoms with Crippen LogP contribution in [0.4, 0.5) is 0 Å². The molecular weight excluding hydrogens is 849 g/mol. The zero-order chi connectivity index (χ0) is 42.1. The number of methoxy groups -OCH3 is 2. The lowest BCUT2D eigenvalue weighted by Crippen LogP contribution is -2.37. The van der Waals surface area contributed by atoms with Crippen LogP contribution in [-0.2, 0) is 62.4 Å². The number of carbonyl (C=O) groups excluding carboxylic acids is 6. The second-order valence-electron chi connectivity index (χ2n) is 17.2. The lowest BCUT2D eigenvalue weighted by atomic mass is 9.70. The highest BCUT2D eigenvalue weighted by Crippen LogP contribution is 2.45. The third-order valence-corrected chi connectivity index (χ3v) is 13.9. The number of nitrogens with one attached hydrogen (secondary N) is 2. The molecule has 3 saturated heterocycles. The number of carbonyl (C=O) groups is 6. The van der Waals surface area contributed by atoms with Crippen LogP contribution in [0.5, 0.6) is 0 Å². The van der Waals surface area contributed by atoms with Crippen LogP contribution in [0, 0.1) is 16.2 Å². The molecule has 0 radical (unpaired) electrons. The molecule has 3 heterocycles. The molecule has 0 saturated carbocycles. The number of esters is 2. The summed E-state index contributed by atoms with van der Waals surface area (Å²) in [6, 6.07) is 16.8. The fourth-order valence-corrected chi connectivity index (χ4v) is 10.2. The van der Waals surface area contributed by atoms with E-state index in [1.54, 1.807) is 23.7 Å². The fourth-order valence-electron chi connectivity index (χ4n) is 10.2. The van der Waals surface area contributed by atoms with Gasteiger partial charge in [0.15, 0.2) is 0 Å². The summed E-state index contributed by atoms with van der Waals surface area (Å²) in [5.74, 6) is -0.382. The van der Waals surface area contributed by atoms with Crippen molar-refractivity contribution in [1.82, 2.24) is 20.6 Å². The van der Waals surface area contributed by atoms with Gasteiger partial charge in [0.05, 0.1) is 41.6 Å². The van der Waals surface area contributed by atoms with Crippen molar-refractivity contribution in [2.45, 2.75) is 77.0 Å². The normalized spacial score (nSPS) is 23.7. The van der Waals surface area contributed by atoms with Gasteiger partial charge in [-0.2, -0.15) is 40.5 Å². The van der Waals surface area contributed by atoms with Crippen molar-refractivity contribution >= 4 is 76.1 Å². The predicted molar refractivity (Wildman–Crippen MR) is 248 cm³/mol. The molecule has 0 unspecified atom stereocenters. The largest absolute Gasteiger partial charge is 0.465 e. The molecule has 3 atom stereocenters. The number of hydrogen-bond acceptors (Lipinski definition) is 9.